The summed E-state index contributed by atoms with van der Waals surface area (Å²) in [6.45, 7) is 0.263. The van der Waals surface area contributed by atoms with Gasteiger partial charge in [0.1, 0.15) is 11.6 Å². The van der Waals surface area contributed by atoms with Crippen molar-refractivity contribution in [3.05, 3.63) is 108 Å². The van der Waals surface area contributed by atoms with Crippen LogP contribution in [0, 0.1) is 11.8 Å². The van der Waals surface area contributed by atoms with Crippen LogP contribution in [0.1, 0.15) is 35.6 Å². The second-order valence-electron chi connectivity index (χ2n) is 10.8. The van der Waals surface area contributed by atoms with Crippen molar-refractivity contribution in [2.45, 2.75) is 49.7 Å². The number of nitrogens with one attached hydrogen (secondary N) is 2. The molecule has 3 aliphatic rings. The minimum absolute atomic E-state index is 0.251. The van der Waals surface area contributed by atoms with Crippen LogP contribution >= 0.6 is 0 Å². The molecule has 6 atom stereocenters. The average molecular weight is 540 g/mol. The van der Waals surface area contributed by atoms with E-state index in [0.29, 0.717) is 25.9 Å². The summed E-state index contributed by atoms with van der Waals surface area (Å²) in [5.74, 6) is -2.45. The van der Waals surface area contributed by atoms with Crippen molar-refractivity contribution < 1.29 is 24.2 Å². The molecule has 3 aromatic carbocycles. The Morgan fingerprint density at radius 2 is 1.43 bits per heavy atom. The second kappa shape index (κ2) is 10.9. The Labute approximate surface area is 233 Å². The first-order valence-electron chi connectivity index (χ1n) is 13.8. The number of hydrogen-bond acceptors (Lipinski definition) is 5. The summed E-state index contributed by atoms with van der Waals surface area (Å²) in [5.41, 5.74) is 1.46. The number of amides is 3. The van der Waals surface area contributed by atoms with Gasteiger partial charge in [0, 0.05) is 13.1 Å². The number of benzene rings is 3. The monoisotopic (exact) mass is 539 g/mol. The van der Waals surface area contributed by atoms with Gasteiger partial charge in [-0.05, 0) is 29.5 Å². The Balaban J connectivity index is 1.33. The average Bonchev–Trinajstić information content (AvgIpc) is 3.64. The van der Waals surface area contributed by atoms with Gasteiger partial charge >= 0.3 is 0 Å². The van der Waals surface area contributed by atoms with Gasteiger partial charge in [-0.1, -0.05) is 91.0 Å². The molecular weight excluding hydrogens is 506 g/mol. The van der Waals surface area contributed by atoms with Crippen LogP contribution in [0.5, 0.6) is 0 Å². The van der Waals surface area contributed by atoms with E-state index in [2.05, 4.69) is 10.6 Å². The summed E-state index contributed by atoms with van der Waals surface area (Å²) in [4.78, 5) is 43.3. The Morgan fingerprint density at radius 1 is 0.875 bits per heavy atom. The molecule has 3 amide bonds. The zero-order valence-electron chi connectivity index (χ0n) is 22.1. The summed E-state index contributed by atoms with van der Waals surface area (Å²) in [7, 11) is 0. The number of likely N-dealkylation sites (tertiary alicyclic amines) is 1. The van der Waals surface area contributed by atoms with Crippen LogP contribution < -0.4 is 10.6 Å². The fourth-order valence-corrected chi connectivity index (χ4v) is 6.84. The van der Waals surface area contributed by atoms with E-state index < -0.39 is 35.6 Å². The fourth-order valence-electron chi connectivity index (χ4n) is 6.84. The number of carbonyl (C=O) groups is 3. The smallest absolute Gasteiger partial charge is 0.246 e. The Morgan fingerprint density at radius 3 is 2.00 bits per heavy atom. The highest BCUT2D eigenvalue weighted by Gasteiger charge is 2.75. The van der Waals surface area contributed by atoms with E-state index in [4.69, 9.17) is 4.74 Å². The van der Waals surface area contributed by atoms with E-state index in [1.165, 1.54) is 4.90 Å². The molecule has 0 radical (unpaired) electrons. The van der Waals surface area contributed by atoms with Crippen LogP contribution in [-0.2, 0) is 32.2 Å². The van der Waals surface area contributed by atoms with Gasteiger partial charge in [-0.25, -0.2) is 0 Å². The molecule has 8 nitrogen and oxygen atoms in total. The first kappa shape index (κ1) is 26.2. The number of rotatable bonds is 9. The molecule has 0 aromatic heterocycles. The van der Waals surface area contributed by atoms with Crippen molar-refractivity contribution in [3.63, 3.8) is 0 Å². The maximum Gasteiger partial charge on any atom is 0.246 e. The number of aliphatic hydroxyl groups is 1. The number of ether oxygens (including phenoxy) is 1. The molecule has 3 saturated heterocycles. The van der Waals surface area contributed by atoms with Crippen molar-refractivity contribution in [2.24, 2.45) is 11.8 Å². The molecule has 2 unspecified atom stereocenters. The molecule has 3 heterocycles. The molecule has 2 bridgehead atoms. The lowest BCUT2D eigenvalue weighted by atomic mass is 9.70. The van der Waals surface area contributed by atoms with Gasteiger partial charge in [0.05, 0.1) is 30.6 Å². The molecule has 3 N–H and O–H groups in total. The van der Waals surface area contributed by atoms with Gasteiger partial charge in [0.2, 0.25) is 17.7 Å². The molecule has 3 aromatic rings. The van der Waals surface area contributed by atoms with Crippen molar-refractivity contribution in [1.29, 1.82) is 0 Å². The SMILES string of the molecule is O=C(NCc1ccccc1)C1N([C@H](CO)c2ccccc2)C(=O)[C@@H]2[C@@H](C(=O)NCc3ccccc3)[C@H]3CCC12O3. The summed E-state index contributed by atoms with van der Waals surface area (Å²) in [6, 6.07) is 26.6. The minimum atomic E-state index is -1.14. The Hall–Kier alpha value is -4.01. The van der Waals surface area contributed by atoms with Gasteiger partial charge in [0.25, 0.3) is 0 Å². The van der Waals surface area contributed by atoms with Crippen LogP contribution in [0.3, 0.4) is 0 Å². The topological polar surface area (TPSA) is 108 Å². The molecular formula is C32H33N3O5. The lowest BCUT2D eigenvalue weighted by Crippen LogP contribution is -2.56. The highest BCUT2D eigenvalue weighted by atomic mass is 16.5. The maximum absolute atomic E-state index is 14.3. The number of aliphatic hydroxyl groups excluding tert-OH is 1. The molecule has 6 rings (SSSR count). The Bertz CT molecular complexity index is 1370. The largest absolute Gasteiger partial charge is 0.394 e. The number of fused-ring (bicyclic) bond motifs is 1. The molecule has 8 heteroatoms. The minimum Gasteiger partial charge on any atom is -0.394 e. The van der Waals surface area contributed by atoms with Crippen LogP contribution in [-0.4, -0.2) is 52.1 Å². The summed E-state index contributed by atoms with van der Waals surface area (Å²) >= 11 is 0. The van der Waals surface area contributed by atoms with Crippen LogP contribution in [0.15, 0.2) is 91.0 Å². The molecule has 0 aliphatic carbocycles. The number of nitrogens with zero attached hydrogens (tertiary/aromatic N) is 1. The van der Waals surface area contributed by atoms with Gasteiger partial charge < -0.3 is 25.4 Å². The summed E-state index contributed by atoms with van der Waals surface area (Å²) < 4.78 is 6.52. The van der Waals surface area contributed by atoms with Gasteiger partial charge in [-0.15, -0.1) is 0 Å². The molecule has 0 saturated carbocycles. The van der Waals surface area contributed by atoms with E-state index in [1.54, 1.807) is 0 Å². The first-order chi connectivity index (χ1) is 19.5. The quantitative estimate of drug-likeness (QED) is 0.388. The summed E-state index contributed by atoms with van der Waals surface area (Å²) in [6.07, 6.45) is 0.628. The van der Waals surface area contributed by atoms with Crippen molar-refractivity contribution in [1.82, 2.24) is 15.5 Å². The molecule has 1 spiro atoms. The third-order valence-electron chi connectivity index (χ3n) is 8.60. The molecule has 206 valence electrons. The third-order valence-corrected chi connectivity index (χ3v) is 8.60. The van der Waals surface area contributed by atoms with Crippen LogP contribution in [0.25, 0.3) is 0 Å². The molecule has 3 fully saturated rings. The van der Waals surface area contributed by atoms with Crippen LogP contribution in [0.4, 0.5) is 0 Å². The van der Waals surface area contributed by atoms with Gasteiger partial charge in [-0.2, -0.15) is 0 Å². The number of carbonyl (C=O) groups excluding carboxylic acids is 3. The molecule has 3 aliphatic heterocycles. The van der Waals surface area contributed by atoms with E-state index in [1.807, 2.05) is 91.0 Å². The van der Waals surface area contributed by atoms with E-state index in [9.17, 15) is 19.5 Å². The van der Waals surface area contributed by atoms with E-state index in [0.717, 1.165) is 16.7 Å². The Kier molecular flexibility index (Phi) is 7.12. The highest BCUT2D eigenvalue weighted by Crippen LogP contribution is 2.59. The predicted molar refractivity (Wildman–Crippen MR) is 147 cm³/mol. The van der Waals surface area contributed by atoms with Crippen molar-refractivity contribution >= 4 is 17.7 Å². The predicted octanol–water partition coefficient (Wildman–Crippen LogP) is 2.73. The lowest BCUT2D eigenvalue weighted by Gasteiger charge is -2.36. The zero-order chi connectivity index (χ0) is 27.7. The zero-order valence-corrected chi connectivity index (χ0v) is 22.1. The van der Waals surface area contributed by atoms with Gasteiger partial charge in [0.15, 0.2) is 0 Å². The first-order valence-corrected chi connectivity index (χ1v) is 13.8. The standard InChI is InChI=1S/C32H33N3O5/c36-20-24(23-14-8-3-9-15-23)35-28(30(38)34-19-22-12-6-2-7-13-22)32-17-16-25(40-32)26(27(32)31(35)39)29(37)33-18-21-10-4-1-5-11-21/h1-15,24-28,36H,16-20H2,(H,33,37)(H,34,38)/t24-,25-,26+,27+,28?,32?/m1/s1. The number of hydrogen-bond donors (Lipinski definition) is 3. The van der Waals surface area contributed by atoms with E-state index >= 15 is 0 Å². The highest BCUT2D eigenvalue weighted by molar-refractivity contribution is 5.99. The van der Waals surface area contributed by atoms with E-state index in [-0.39, 0.29) is 24.3 Å². The fraction of sp³-hybridized carbons (Fsp3) is 0.344. The normalized spacial score (nSPS) is 27.3. The maximum atomic E-state index is 14.3. The van der Waals surface area contributed by atoms with Crippen molar-refractivity contribution in [2.75, 3.05) is 6.61 Å². The molecule has 40 heavy (non-hydrogen) atoms. The van der Waals surface area contributed by atoms with Gasteiger partial charge in [-0.3, -0.25) is 14.4 Å². The third kappa shape index (κ3) is 4.47. The second-order valence-corrected chi connectivity index (χ2v) is 10.8. The lowest BCUT2D eigenvalue weighted by molar-refractivity contribution is -0.146. The van der Waals surface area contributed by atoms with Crippen LogP contribution in [0.2, 0.25) is 0 Å². The summed E-state index contributed by atoms with van der Waals surface area (Å²) in [5, 5.41) is 16.5. The van der Waals surface area contributed by atoms with Crippen molar-refractivity contribution in [3.8, 4) is 0 Å².